The van der Waals surface area contributed by atoms with Crippen LogP contribution in [0.25, 0.3) is 0 Å². The van der Waals surface area contributed by atoms with Crippen molar-refractivity contribution in [3.05, 3.63) is 0 Å². The zero-order chi connectivity index (χ0) is 7.26. The molecule has 0 spiro atoms. The fourth-order valence-corrected chi connectivity index (χ4v) is 1.52. The molecular formula is C6H8O5. The molecule has 5 heteroatoms. The summed E-state index contributed by atoms with van der Waals surface area (Å²) in [5.74, 6) is 0. The third kappa shape index (κ3) is 0.830. The van der Waals surface area contributed by atoms with Gasteiger partial charge in [0.05, 0.1) is 0 Å². The molecule has 11 heavy (non-hydrogen) atoms. The number of hydrogen-bond donors (Lipinski definition) is 0. The van der Waals surface area contributed by atoms with Crippen LogP contribution < -0.4 is 0 Å². The van der Waals surface area contributed by atoms with E-state index in [4.69, 9.17) is 24.3 Å². The van der Waals surface area contributed by atoms with E-state index in [2.05, 4.69) is 0 Å². The lowest BCUT2D eigenvalue weighted by Crippen LogP contribution is -2.36. The molecule has 0 aromatic carbocycles. The summed E-state index contributed by atoms with van der Waals surface area (Å²) in [6.07, 6.45) is 0.780. The molecule has 4 unspecified atom stereocenters. The van der Waals surface area contributed by atoms with Crippen molar-refractivity contribution in [2.45, 2.75) is 37.6 Å². The standard InChI is InChI=1S/C6H8O5/c1-2-4-6-7-5(10-11-6)3(1)8-9-4/h3-6H,1-2H2. The molecule has 0 amide bonds. The second-order valence-corrected chi connectivity index (χ2v) is 2.91. The summed E-state index contributed by atoms with van der Waals surface area (Å²) in [4.78, 5) is 19.7. The fraction of sp³-hybridized carbons (Fsp3) is 1.00. The van der Waals surface area contributed by atoms with Crippen molar-refractivity contribution >= 4 is 0 Å². The molecule has 4 fully saturated rings. The van der Waals surface area contributed by atoms with E-state index >= 15 is 0 Å². The molecule has 0 aromatic rings. The first-order valence-corrected chi connectivity index (χ1v) is 3.73. The molecule has 4 rings (SSSR count). The van der Waals surface area contributed by atoms with Gasteiger partial charge in [-0.05, 0) is 12.8 Å². The number of ether oxygens (including phenoxy) is 1. The summed E-state index contributed by atoms with van der Waals surface area (Å²) >= 11 is 0. The van der Waals surface area contributed by atoms with E-state index < -0.39 is 12.6 Å². The predicted molar refractivity (Wildman–Crippen MR) is 29.8 cm³/mol. The van der Waals surface area contributed by atoms with Crippen LogP contribution >= 0.6 is 0 Å². The van der Waals surface area contributed by atoms with E-state index in [1.807, 2.05) is 0 Å². The van der Waals surface area contributed by atoms with E-state index in [1.54, 1.807) is 0 Å². The van der Waals surface area contributed by atoms with Crippen molar-refractivity contribution in [3.8, 4) is 0 Å². The lowest BCUT2D eigenvalue weighted by atomic mass is 10.1. The highest BCUT2D eigenvalue weighted by Gasteiger charge is 2.48. The van der Waals surface area contributed by atoms with Crippen molar-refractivity contribution in [1.29, 1.82) is 0 Å². The highest BCUT2D eigenvalue weighted by Crippen LogP contribution is 2.35. The molecule has 0 aromatic heterocycles. The van der Waals surface area contributed by atoms with Gasteiger partial charge in [0.25, 0.3) is 0 Å². The van der Waals surface area contributed by atoms with Crippen molar-refractivity contribution in [2.24, 2.45) is 0 Å². The summed E-state index contributed by atoms with van der Waals surface area (Å²) in [6, 6.07) is 0. The first kappa shape index (κ1) is 6.33. The molecule has 4 saturated heterocycles. The molecule has 4 bridgehead atoms. The van der Waals surface area contributed by atoms with Crippen molar-refractivity contribution in [2.75, 3.05) is 0 Å². The molecule has 0 N–H and O–H groups in total. The SMILES string of the molecule is C1CC2OOC1C1OOC2O1. The topological polar surface area (TPSA) is 46.2 Å². The second kappa shape index (κ2) is 2.15. The van der Waals surface area contributed by atoms with Gasteiger partial charge in [-0.2, -0.15) is 9.78 Å². The smallest absolute Gasteiger partial charge is 0.223 e. The van der Waals surface area contributed by atoms with E-state index in [0.717, 1.165) is 12.8 Å². The van der Waals surface area contributed by atoms with Gasteiger partial charge in [0, 0.05) is 0 Å². The summed E-state index contributed by atoms with van der Waals surface area (Å²) in [6.45, 7) is 0. The van der Waals surface area contributed by atoms with Gasteiger partial charge >= 0.3 is 0 Å². The largest absolute Gasteiger partial charge is 0.312 e. The molecule has 5 nitrogen and oxygen atoms in total. The number of hydrogen-bond acceptors (Lipinski definition) is 5. The molecule has 0 saturated carbocycles. The molecular weight excluding hydrogens is 152 g/mol. The van der Waals surface area contributed by atoms with Crippen LogP contribution in [0.5, 0.6) is 0 Å². The van der Waals surface area contributed by atoms with Crippen LogP contribution in [0, 0.1) is 0 Å². The van der Waals surface area contributed by atoms with Crippen LogP contribution in [0.15, 0.2) is 0 Å². The van der Waals surface area contributed by atoms with Gasteiger partial charge in [0.1, 0.15) is 12.2 Å². The number of rotatable bonds is 0. The molecule has 62 valence electrons. The minimum absolute atomic E-state index is 0.126. The Bertz CT molecular complexity index is 146. The highest BCUT2D eigenvalue weighted by atomic mass is 17.3. The Morgan fingerprint density at radius 2 is 1.27 bits per heavy atom. The fourth-order valence-electron chi connectivity index (χ4n) is 1.52. The Kier molecular flexibility index (Phi) is 1.24. The molecule has 4 atom stereocenters. The summed E-state index contributed by atoms with van der Waals surface area (Å²) in [5.41, 5.74) is 0. The quantitative estimate of drug-likeness (QED) is 0.470. The third-order valence-corrected chi connectivity index (χ3v) is 2.16. The van der Waals surface area contributed by atoms with Crippen LogP contribution in [0.2, 0.25) is 0 Å². The zero-order valence-corrected chi connectivity index (χ0v) is 5.76. The average Bonchev–Trinajstić information content (AvgIpc) is 2.38. The van der Waals surface area contributed by atoms with Crippen LogP contribution in [0.3, 0.4) is 0 Å². The van der Waals surface area contributed by atoms with Gasteiger partial charge in [-0.25, -0.2) is 9.78 Å². The molecule has 0 radical (unpaired) electrons. The summed E-state index contributed by atoms with van der Waals surface area (Å²) in [7, 11) is 0. The van der Waals surface area contributed by atoms with Crippen LogP contribution in [0.4, 0.5) is 0 Å². The van der Waals surface area contributed by atoms with Gasteiger partial charge < -0.3 is 4.74 Å². The predicted octanol–water partition coefficient (Wildman–Crippen LogP) is 0.110. The van der Waals surface area contributed by atoms with Gasteiger partial charge in [0.2, 0.25) is 12.6 Å². The minimum atomic E-state index is -0.396. The van der Waals surface area contributed by atoms with E-state index in [0.29, 0.717) is 0 Å². The van der Waals surface area contributed by atoms with Gasteiger partial charge in [-0.1, -0.05) is 0 Å². The minimum Gasteiger partial charge on any atom is -0.312 e. The maximum atomic E-state index is 5.31. The number of fused-ring (bicyclic) bond motifs is 2. The maximum absolute atomic E-state index is 5.31. The van der Waals surface area contributed by atoms with Crippen LogP contribution in [0.1, 0.15) is 12.8 Å². The van der Waals surface area contributed by atoms with Gasteiger partial charge in [-0.15, -0.1) is 0 Å². The van der Waals surface area contributed by atoms with E-state index in [9.17, 15) is 0 Å². The molecule has 4 heterocycles. The summed E-state index contributed by atoms with van der Waals surface area (Å²) in [5, 5.41) is 0. The van der Waals surface area contributed by atoms with Crippen molar-refractivity contribution in [1.82, 2.24) is 0 Å². The first-order valence-electron chi connectivity index (χ1n) is 3.73. The molecule has 4 aliphatic rings. The van der Waals surface area contributed by atoms with Crippen LogP contribution in [-0.4, -0.2) is 24.8 Å². The van der Waals surface area contributed by atoms with E-state index in [-0.39, 0.29) is 12.2 Å². The highest BCUT2D eigenvalue weighted by molar-refractivity contribution is 4.78. The Hall–Kier alpha value is -0.200. The monoisotopic (exact) mass is 160 g/mol. The van der Waals surface area contributed by atoms with Gasteiger partial charge in [0.15, 0.2) is 0 Å². The average molecular weight is 160 g/mol. The van der Waals surface area contributed by atoms with Crippen LogP contribution in [-0.2, 0) is 24.3 Å². The molecule has 0 aliphatic carbocycles. The Morgan fingerprint density at radius 3 is 1.73 bits per heavy atom. The second-order valence-electron chi connectivity index (χ2n) is 2.91. The third-order valence-electron chi connectivity index (χ3n) is 2.16. The van der Waals surface area contributed by atoms with E-state index in [1.165, 1.54) is 0 Å². The lowest BCUT2D eigenvalue weighted by Gasteiger charge is -2.26. The lowest BCUT2D eigenvalue weighted by molar-refractivity contribution is -0.444. The Morgan fingerprint density at radius 1 is 0.727 bits per heavy atom. The Balaban J connectivity index is 1.92. The summed E-state index contributed by atoms with van der Waals surface area (Å²) < 4.78 is 5.31. The Labute approximate surface area is 63.0 Å². The van der Waals surface area contributed by atoms with Crippen molar-refractivity contribution < 1.29 is 24.3 Å². The maximum Gasteiger partial charge on any atom is 0.223 e. The zero-order valence-electron chi connectivity index (χ0n) is 5.76. The normalized spacial score (nSPS) is 54.5. The first-order chi connectivity index (χ1) is 5.43. The molecule has 4 aliphatic heterocycles. The van der Waals surface area contributed by atoms with Crippen molar-refractivity contribution in [3.63, 3.8) is 0 Å². The van der Waals surface area contributed by atoms with Gasteiger partial charge in [-0.3, -0.25) is 0 Å².